The van der Waals surface area contributed by atoms with Crippen LogP contribution in [-0.4, -0.2) is 11.7 Å². The molecule has 1 aliphatic carbocycles. The lowest BCUT2D eigenvalue weighted by molar-refractivity contribution is 0.249. The van der Waals surface area contributed by atoms with Crippen molar-refractivity contribution in [3.63, 3.8) is 0 Å². The lowest BCUT2D eigenvalue weighted by Crippen LogP contribution is -2.25. The maximum Gasteiger partial charge on any atom is 0.332 e. The largest absolute Gasteiger partial charge is 0.350 e. The number of nitrogens with two attached hydrogens (primary N) is 1. The molecular weight excluding hydrogens is 258 g/mol. The number of aryl methyl sites for hydroxylation is 1. The van der Waals surface area contributed by atoms with Gasteiger partial charge < -0.3 is 5.73 Å². The van der Waals surface area contributed by atoms with E-state index in [9.17, 15) is 4.79 Å². The van der Waals surface area contributed by atoms with Crippen molar-refractivity contribution in [3.8, 4) is 0 Å². The van der Waals surface area contributed by atoms with Crippen LogP contribution in [0, 0.1) is 0 Å². The SMILES string of the molecule is NC(=O)N/N=C1/CCc2cc(Br)ccc21. The fourth-order valence-corrected chi connectivity index (χ4v) is 2.09. The molecular formula is C10H10BrN3O. The summed E-state index contributed by atoms with van der Waals surface area (Å²) in [7, 11) is 0. The number of hydrogen-bond donors (Lipinski definition) is 2. The predicted octanol–water partition coefficient (Wildman–Crippen LogP) is 1.77. The van der Waals surface area contributed by atoms with Crippen LogP contribution in [0.4, 0.5) is 4.79 Å². The minimum absolute atomic E-state index is 0.631. The van der Waals surface area contributed by atoms with E-state index in [-0.39, 0.29) is 0 Å². The number of amides is 2. The average Bonchev–Trinajstić information content (AvgIpc) is 2.57. The van der Waals surface area contributed by atoms with Crippen molar-refractivity contribution in [2.75, 3.05) is 0 Å². The van der Waals surface area contributed by atoms with Crippen LogP contribution < -0.4 is 11.2 Å². The number of benzene rings is 1. The van der Waals surface area contributed by atoms with Gasteiger partial charge in [0.25, 0.3) is 0 Å². The second-order valence-corrected chi connectivity index (χ2v) is 4.25. The Bertz CT molecular complexity index is 442. The van der Waals surface area contributed by atoms with E-state index in [2.05, 4.69) is 32.5 Å². The Balaban J connectivity index is 2.28. The Morgan fingerprint density at radius 3 is 3.00 bits per heavy atom. The Hall–Kier alpha value is -1.36. The summed E-state index contributed by atoms with van der Waals surface area (Å²) in [5.41, 5.74) is 10.4. The first kappa shape index (κ1) is 10.2. The van der Waals surface area contributed by atoms with Gasteiger partial charge in [0.05, 0.1) is 5.71 Å². The average molecular weight is 268 g/mol. The molecule has 0 aromatic heterocycles. The van der Waals surface area contributed by atoms with Gasteiger partial charge in [0, 0.05) is 10.0 Å². The maximum atomic E-state index is 10.5. The van der Waals surface area contributed by atoms with E-state index in [4.69, 9.17) is 5.73 Å². The van der Waals surface area contributed by atoms with Gasteiger partial charge in [-0.15, -0.1) is 0 Å². The van der Waals surface area contributed by atoms with Gasteiger partial charge in [-0.1, -0.05) is 22.0 Å². The topological polar surface area (TPSA) is 67.5 Å². The first-order valence-electron chi connectivity index (χ1n) is 4.57. The van der Waals surface area contributed by atoms with Crippen LogP contribution in [0.3, 0.4) is 0 Å². The smallest absolute Gasteiger partial charge is 0.332 e. The number of primary amides is 1. The van der Waals surface area contributed by atoms with Gasteiger partial charge in [0.15, 0.2) is 0 Å². The van der Waals surface area contributed by atoms with E-state index >= 15 is 0 Å². The second-order valence-electron chi connectivity index (χ2n) is 3.34. The van der Waals surface area contributed by atoms with E-state index in [1.165, 1.54) is 5.56 Å². The van der Waals surface area contributed by atoms with Crippen molar-refractivity contribution in [1.29, 1.82) is 0 Å². The molecule has 2 rings (SSSR count). The summed E-state index contributed by atoms with van der Waals surface area (Å²) >= 11 is 3.42. The summed E-state index contributed by atoms with van der Waals surface area (Å²) in [4.78, 5) is 10.5. The summed E-state index contributed by atoms with van der Waals surface area (Å²) in [5.74, 6) is 0. The number of rotatable bonds is 1. The number of urea groups is 1. The third-order valence-electron chi connectivity index (χ3n) is 2.31. The molecule has 0 aliphatic heterocycles. The van der Waals surface area contributed by atoms with Crippen molar-refractivity contribution in [2.45, 2.75) is 12.8 Å². The Morgan fingerprint density at radius 2 is 2.27 bits per heavy atom. The first-order chi connectivity index (χ1) is 7.16. The van der Waals surface area contributed by atoms with E-state index in [0.29, 0.717) is 0 Å². The molecule has 5 heteroatoms. The molecule has 3 N–H and O–H groups in total. The summed E-state index contributed by atoms with van der Waals surface area (Å²) in [6.07, 6.45) is 1.79. The van der Waals surface area contributed by atoms with Crippen LogP contribution in [0.15, 0.2) is 27.8 Å². The van der Waals surface area contributed by atoms with Crippen molar-refractivity contribution < 1.29 is 4.79 Å². The Kier molecular flexibility index (Phi) is 2.73. The van der Waals surface area contributed by atoms with E-state index in [1.807, 2.05) is 12.1 Å². The monoisotopic (exact) mass is 267 g/mol. The number of halogens is 1. The summed E-state index contributed by atoms with van der Waals surface area (Å²) in [6, 6.07) is 5.40. The van der Waals surface area contributed by atoms with Crippen molar-refractivity contribution >= 4 is 27.7 Å². The Morgan fingerprint density at radius 1 is 1.47 bits per heavy atom. The highest BCUT2D eigenvalue weighted by Gasteiger charge is 2.17. The fraction of sp³-hybridized carbons (Fsp3) is 0.200. The molecule has 0 radical (unpaired) electrons. The van der Waals surface area contributed by atoms with Crippen LogP contribution >= 0.6 is 15.9 Å². The molecule has 0 fully saturated rings. The minimum Gasteiger partial charge on any atom is -0.350 e. The van der Waals surface area contributed by atoms with Gasteiger partial charge in [-0.2, -0.15) is 5.10 Å². The minimum atomic E-state index is -0.631. The maximum absolute atomic E-state index is 10.5. The van der Waals surface area contributed by atoms with Crippen LogP contribution in [0.25, 0.3) is 0 Å². The molecule has 2 amide bonds. The van der Waals surface area contributed by atoms with Gasteiger partial charge in [0.1, 0.15) is 0 Å². The zero-order valence-corrected chi connectivity index (χ0v) is 9.54. The van der Waals surface area contributed by atoms with Crippen molar-refractivity contribution in [1.82, 2.24) is 5.43 Å². The molecule has 0 atom stereocenters. The molecule has 78 valence electrons. The fourth-order valence-electron chi connectivity index (χ4n) is 1.68. The third-order valence-corrected chi connectivity index (χ3v) is 2.80. The molecule has 15 heavy (non-hydrogen) atoms. The quantitative estimate of drug-likeness (QED) is 0.749. The molecule has 0 saturated heterocycles. The summed E-state index contributed by atoms with van der Waals surface area (Å²) in [6.45, 7) is 0. The highest BCUT2D eigenvalue weighted by Crippen LogP contribution is 2.25. The van der Waals surface area contributed by atoms with Crippen LogP contribution in [-0.2, 0) is 6.42 Å². The standard InChI is InChI=1S/C10H10BrN3O/c11-7-2-3-8-6(5-7)1-4-9(8)13-14-10(12)15/h2-3,5H,1,4H2,(H3,12,14,15)/b13-9-. The third kappa shape index (κ3) is 2.18. The zero-order valence-electron chi connectivity index (χ0n) is 7.96. The molecule has 0 heterocycles. The van der Waals surface area contributed by atoms with Crippen molar-refractivity contribution in [3.05, 3.63) is 33.8 Å². The molecule has 0 bridgehead atoms. The number of fused-ring (bicyclic) bond motifs is 1. The highest BCUT2D eigenvalue weighted by molar-refractivity contribution is 9.10. The molecule has 0 spiro atoms. The Labute approximate surface area is 95.7 Å². The number of carbonyl (C=O) groups excluding carboxylic acids is 1. The number of hydrazone groups is 1. The number of carbonyl (C=O) groups is 1. The van der Waals surface area contributed by atoms with Crippen LogP contribution in [0.5, 0.6) is 0 Å². The molecule has 0 saturated carbocycles. The first-order valence-corrected chi connectivity index (χ1v) is 5.37. The normalized spacial score (nSPS) is 16.5. The van der Waals surface area contributed by atoms with Gasteiger partial charge in [-0.3, -0.25) is 0 Å². The highest BCUT2D eigenvalue weighted by atomic mass is 79.9. The molecule has 0 unspecified atom stereocenters. The predicted molar refractivity (Wildman–Crippen MR) is 61.7 cm³/mol. The van der Waals surface area contributed by atoms with Crippen LogP contribution in [0.1, 0.15) is 17.5 Å². The second kappa shape index (κ2) is 4.02. The molecule has 4 nitrogen and oxygen atoms in total. The summed E-state index contributed by atoms with van der Waals surface area (Å²) in [5, 5.41) is 3.97. The van der Waals surface area contributed by atoms with Crippen LogP contribution in [0.2, 0.25) is 0 Å². The number of hydrogen-bond acceptors (Lipinski definition) is 2. The van der Waals surface area contributed by atoms with Gasteiger partial charge in [-0.25, -0.2) is 10.2 Å². The van der Waals surface area contributed by atoms with E-state index in [0.717, 1.165) is 28.6 Å². The number of nitrogens with one attached hydrogen (secondary N) is 1. The lowest BCUT2D eigenvalue weighted by Gasteiger charge is -2.00. The molecule has 1 aliphatic rings. The van der Waals surface area contributed by atoms with Gasteiger partial charge >= 0.3 is 6.03 Å². The number of nitrogens with zero attached hydrogens (tertiary/aromatic N) is 1. The van der Waals surface area contributed by atoms with E-state index < -0.39 is 6.03 Å². The van der Waals surface area contributed by atoms with Gasteiger partial charge in [0.2, 0.25) is 0 Å². The van der Waals surface area contributed by atoms with Gasteiger partial charge in [-0.05, 0) is 30.5 Å². The van der Waals surface area contributed by atoms with E-state index in [1.54, 1.807) is 0 Å². The summed E-state index contributed by atoms with van der Waals surface area (Å²) < 4.78 is 1.06. The molecule has 1 aromatic carbocycles. The lowest BCUT2D eigenvalue weighted by atomic mass is 10.1. The zero-order chi connectivity index (χ0) is 10.8. The molecule has 1 aromatic rings. The van der Waals surface area contributed by atoms with Crippen molar-refractivity contribution in [2.24, 2.45) is 10.8 Å².